The molecule has 3 aromatic rings. The fraction of sp³-hybridized carbons (Fsp3) is 0.192. The summed E-state index contributed by atoms with van der Waals surface area (Å²) in [7, 11) is 1.56. The predicted octanol–water partition coefficient (Wildman–Crippen LogP) is 4.06. The average molecular weight is 492 g/mol. The van der Waals surface area contributed by atoms with Crippen LogP contribution in [-0.2, 0) is 19.3 Å². The molecular weight excluding hydrogens is 469 g/mol. The third-order valence-electron chi connectivity index (χ3n) is 6.07. The van der Waals surface area contributed by atoms with Crippen molar-refractivity contribution in [3.8, 4) is 5.75 Å². The molecule has 2 aliphatic rings. The van der Waals surface area contributed by atoms with Gasteiger partial charge in [-0.2, -0.15) is 0 Å². The van der Waals surface area contributed by atoms with Gasteiger partial charge in [-0.1, -0.05) is 17.7 Å². The summed E-state index contributed by atoms with van der Waals surface area (Å²) in [6.07, 6.45) is 0. The topological polar surface area (TPSA) is 79.0 Å². The summed E-state index contributed by atoms with van der Waals surface area (Å²) >= 11 is 1.21. The maximum atomic E-state index is 14.0. The lowest BCUT2D eigenvalue weighted by atomic mass is 10.0. The van der Waals surface area contributed by atoms with Crippen LogP contribution >= 0.6 is 11.8 Å². The van der Waals surface area contributed by atoms with E-state index in [1.807, 2.05) is 19.1 Å². The number of halogens is 1. The van der Waals surface area contributed by atoms with Crippen LogP contribution in [0.25, 0.3) is 0 Å². The molecule has 1 saturated heterocycles. The second-order valence-electron chi connectivity index (χ2n) is 8.33. The van der Waals surface area contributed by atoms with Gasteiger partial charge in [-0.25, -0.2) is 4.39 Å². The van der Waals surface area contributed by atoms with Crippen LogP contribution in [0.3, 0.4) is 0 Å². The van der Waals surface area contributed by atoms with E-state index in [1.165, 1.54) is 45.8 Å². The maximum Gasteiger partial charge on any atom is 0.269 e. The van der Waals surface area contributed by atoms with Crippen LogP contribution in [0, 0.1) is 12.7 Å². The first-order chi connectivity index (χ1) is 16.8. The normalized spacial score (nSPS) is 18.8. The molecule has 9 heteroatoms. The summed E-state index contributed by atoms with van der Waals surface area (Å²) in [4.78, 5) is 41.5. The number of nitrogens with one attached hydrogen (secondary N) is 1. The molecule has 1 spiro atoms. The molecule has 35 heavy (non-hydrogen) atoms. The zero-order chi connectivity index (χ0) is 24.7. The molecule has 178 valence electrons. The van der Waals surface area contributed by atoms with Crippen molar-refractivity contribution in [2.45, 2.75) is 11.8 Å². The number of thioether (sulfide) groups is 1. The Morgan fingerprint density at radius 2 is 1.80 bits per heavy atom. The fourth-order valence-electron chi connectivity index (χ4n) is 4.48. The van der Waals surface area contributed by atoms with E-state index in [4.69, 9.17) is 4.74 Å². The van der Waals surface area contributed by atoms with Crippen molar-refractivity contribution < 1.29 is 23.5 Å². The number of rotatable bonds is 5. The Bertz CT molecular complexity index is 1330. The van der Waals surface area contributed by atoms with E-state index < -0.39 is 10.7 Å². The third-order valence-corrected chi connectivity index (χ3v) is 7.46. The maximum absolute atomic E-state index is 14.0. The number of amides is 3. The van der Waals surface area contributed by atoms with E-state index in [1.54, 1.807) is 37.4 Å². The molecule has 0 radical (unpaired) electrons. The number of benzene rings is 3. The minimum atomic E-state index is -1.36. The molecule has 3 amide bonds. The average Bonchev–Trinajstić information content (AvgIpc) is 3.31. The lowest BCUT2D eigenvalue weighted by molar-refractivity contribution is -0.124. The molecule has 1 unspecified atom stereocenters. The first kappa shape index (κ1) is 22.9. The number of ether oxygens (including phenoxy) is 1. The van der Waals surface area contributed by atoms with Crippen LogP contribution in [0.2, 0.25) is 0 Å². The number of fused-ring (bicyclic) bond motifs is 2. The minimum Gasteiger partial charge on any atom is -0.497 e. The second kappa shape index (κ2) is 8.74. The molecule has 0 bridgehead atoms. The van der Waals surface area contributed by atoms with Gasteiger partial charge in [0.25, 0.3) is 5.91 Å². The predicted molar refractivity (Wildman–Crippen MR) is 133 cm³/mol. The summed E-state index contributed by atoms with van der Waals surface area (Å²) in [6.45, 7) is 1.68. The van der Waals surface area contributed by atoms with Gasteiger partial charge in [0.1, 0.15) is 18.1 Å². The van der Waals surface area contributed by atoms with Crippen molar-refractivity contribution in [2.75, 3.05) is 34.5 Å². The van der Waals surface area contributed by atoms with Gasteiger partial charge in [0.15, 0.2) is 0 Å². The Kier molecular flexibility index (Phi) is 5.72. The molecule has 5 rings (SSSR count). The van der Waals surface area contributed by atoms with E-state index in [0.717, 1.165) is 5.56 Å². The summed E-state index contributed by atoms with van der Waals surface area (Å²) < 4.78 is 18.7. The van der Waals surface area contributed by atoms with Gasteiger partial charge in [-0.15, -0.1) is 11.8 Å². The molecule has 2 heterocycles. The summed E-state index contributed by atoms with van der Waals surface area (Å²) in [6, 6.07) is 17.9. The zero-order valence-corrected chi connectivity index (χ0v) is 19.9. The number of nitrogens with zero attached hydrogens (tertiary/aromatic N) is 2. The standard InChI is InChI=1S/C26H22FN3O4S/c1-16-3-12-22-21(13-16)26(30(24(32)15-35-26)19-8-4-17(27)5-9-19)25(33)29(22)14-23(31)28-18-6-10-20(34-2)11-7-18/h3-13H,14-15H2,1-2H3,(H,28,31). The summed E-state index contributed by atoms with van der Waals surface area (Å²) in [5.41, 5.74) is 3.12. The molecule has 1 atom stereocenters. The Hall–Kier alpha value is -3.85. The molecule has 7 nitrogen and oxygen atoms in total. The van der Waals surface area contributed by atoms with Gasteiger partial charge in [0.2, 0.25) is 16.7 Å². The largest absolute Gasteiger partial charge is 0.497 e. The Morgan fingerprint density at radius 1 is 1.09 bits per heavy atom. The first-order valence-corrected chi connectivity index (χ1v) is 11.9. The number of aryl methyl sites for hydroxylation is 1. The number of hydrogen-bond donors (Lipinski definition) is 1. The van der Waals surface area contributed by atoms with Gasteiger partial charge in [-0.3, -0.25) is 24.2 Å². The van der Waals surface area contributed by atoms with Crippen molar-refractivity contribution in [1.29, 1.82) is 0 Å². The monoisotopic (exact) mass is 491 g/mol. The van der Waals surface area contributed by atoms with E-state index in [9.17, 15) is 18.8 Å². The Morgan fingerprint density at radius 3 is 2.49 bits per heavy atom. The van der Waals surface area contributed by atoms with Crippen molar-refractivity contribution in [3.05, 3.63) is 83.7 Å². The quantitative estimate of drug-likeness (QED) is 0.582. The highest BCUT2D eigenvalue weighted by Crippen LogP contribution is 2.55. The van der Waals surface area contributed by atoms with Crippen molar-refractivity contribution in [1.82, 2.24) is 0 Å². The lowest BCUT2D eigenvalue weighted by Crippen LogP contribution is -2.50. The SMILES string of the molecule is COc1ccc(NC(=O)CN2C(=O)C3(SCC(=O)N3c3ccc(F)cc3)c3cc(C)ccc32)cc1. The van der Waals surface area contributed by atoms with Crippen LogP contribution in [0.1, 0.15) is 11.1 Å². The van der Waals surface area contributed by atoms with Gasteiger partial charge >= 0.3 is 0 Å². The molecule has 0 aromatic heterocycles. The van der Waals surface area contributed by atoms with Crippen molar-refractivity contribution >= 4 is 46.5 Å². The molecule has 2 aliphatic heterocycles. The highest BCUT2D eigenvalue weighted by Gasteiger charge is 2.61. The number of carbonyl (C=O) groups is 3. The van der Waals surface area contributed by atoms with Gasteiger partial charge in [0, 0.05) is 16.9 Å². The lowest BCUT2D eigenvalue weighted by Gasteiger charge is -2.33. The number of anilines is 3. The fourth-order valence-corrected chi connectivity index (χ4v) is 5.83. The van der Waals surface area contributed by atoms with E-state index in [0.29, 0.717) is 28.4 Å². The summed E-state index contributed by atoms with van der Waals surface area (Å²) in [5.74, 6) is -0.715. The second-order valence-corrected chi connectivity index (χ2v) is 9.50. The first-order valence-electron chi connectivity index (χ1n) is 10.9. The smallest absolute Gasteiger partial charge is 0.269 e. The van der Waals surface area contributed by atoms with Gasteiger partial charge in [-0.05, 0) is 61.5 Å². The highest BCUT2D eigenvalue weighted by molar-refractivity contribution is 8.02. The molecule has 3 aromatic carbocycles. The number of carbonyl (C=O) groups excluding carboxylic acids is 3. The Balaban J connectivity index is 1.50. The number of hydrogen-bond acceptors (Lipinski definition) is 5. The highest BCUT2D eigenvalue weighted by atomic mass is 32.2. The Labute approximate surface area is 205 Å². The summed E-state index contributed by atoms with van der Waals surface area (Å²) in [5, 5.41) is 2.80. The molecular formula is C26H22FN3O4S. The van der Waals surface area contributed by atoms with E-state index >= 15 is 0 Å². The molecule has 0 aliphatic carbocycles. The van der Waals surface area contributed by atoms with Crippen LogP contribution in [-0.4, -0.2) is 37.1 Å². The third kappa shape index (κ3) is 3.81. The van der Waals surface area contributed by atoms with Crippen LogP contribution < -0.4 is 19.9 Å². The van der Waals surface area contributed by atoms with E-state index in [-0.39, 0.29) is 30.0 Å². The van der Waals surface area contributed by atoms with Crippen molar-refractivity contribution in [2.24, 2.45) is 0 Å². The van der Waals surface area contributed by atoms with Crippen molar-refractivity contribution in [3.63, 3.8) is 0 Å². The van der Waals surface area contributed by atoms with Gasteiger partial charge in [0.05, 0.1) is 18.6 Å². The molecule has 0 saturated carbocycles. The van der Waals surface area contributed by atoms with Crippen LogP contribution in [0.15, 0.2) is 66.7 Å². The van der Waals surface area contributed by atoms with Crippen LogP contribution in [0.4, 0.5) is 21.5 Å². The zero-order valence-electron chi connectivity index (χ0n) is 19.1. The molecule has 1 N–H and O–H groups in total. The van der Waals surface area contributed by atoms with Gasteiger partial charge < -0.3 is 10.1 Å². The van der Waals surface area contributed by atoms with Crippen LogP contribution in [0.5, 0.6) is 5.75 Å². The number of methoxy groups -OCH3 is 1. The minimum absolute atomic E-state index is 0.0857. The molecule has 1 fully saturated rings. The van der Waals surface area contributed by atoms with E-state index in [2.05, 4.69) is 5.32 Å².